The van der Waals surface area contributed by atoms with Crippen LogP contribution in [0.15, 0.2) is 77.7 Å². The van der Waals surface area contributed by atoms with Crippen molar-refractivity contribution in [2.24, 2.45) is 0 Å². The minimum absolute atomic E-state index is 0.00962. The fourth-order valence-corrected chi connectivity index (χ4v) is 5.60. The molecular weight excluding hydrogens is 557 g/mol. The molecule has 7 nitrogen and oxygen atoms in total. The summed E-state index contributed by atoms with van der Waals surface area (Å²) in [5.74, 6) is -0.866. The Morgan fingerprint density at radius 3 is 2.26 bits per heavy atom. The second-order valence-electron chi connectivity index (χ2n) is 9.33. The molecule has 3 aromatic rings. The smallest absolute Gasteiger partial charge is 0.243 e. The Kier molecular flexibility index (Phi) is 10.9. The van der Waals surface area contributed by atoms with Gasteiger partial charge in [-0.05, 0) is 48.7 Å². The molecule has 0 bridgehead atoms. The lowest BCUT2D eigenvalue weighted by atomic mass is 10.0. The van der Waals surface area contributed by atoms with E-state index in [1.165, 1.54) is 24.1 Å². The fraction of sp³-hybridized carbons (Fsp3) is 0.310. The van der Waals surface area contributed by atoms with E-state index in [9.17, 15) is 18.0 Å². The maximum atomic E-state index is 13.8. The first-order valence-electron chi connectivity index (χ1n) is 12.6. The second kappa shape index (κ2) is 13.9. The number of halogens is 2. The molecule has 0 unspecified atom stereocenters. The number of hydrogen-bond donors (Lipinski definition) is 1. The normalized spacial score (nSPS) is 12.3. The van der Waals surface area contributed by atoms with Crippen LogP contribution in [0.4, 0.5) is 0 Å². The number of likely N-dealkylation sites (N-methyl/N-ethyl adjacent to an activating group) is 1. The summed E-state index contributed by atoms with van der Waals surface area (Å²) in [5, 5.41) is 3.67. The largest absolute Gasteiger partial charge is 0.354 e. The molecule has 3 aromatic carbocycles. The number of nitrogens with zero attached hydrogens (tertiary/aromatic N) is 2. The first-order valence-corrected chi connectivity index (χ1v) is 14.8. The lowest BCUT2D eigenvalue weighted by Gasteiger charge is -2.33. The van der Waals surface area contributed by atoms with Crippen molar-refractivity contribution in [1.29, 1.82) is 0 Å². The van der Waals surface area contributed by atoms with Crippen molar-refractivity contribution < 1.29 is 18.0 Å². The Morgan fingerprint density at radius 1 is 0.974 bits per heavy atom. The summed E-state index contributed by atoms with van der Waals surface area (Å²) in [4.78, 5) is 28.8. The molecule has 2 amide bonds. The van der Waals surface area contributed by atoms with Crippen LogP contribution in [0.25, 0.3) is 0 Å². The maximum absolute atomic E-state index is 13.8. The van der Waals surface area contributed by atoms with Crippen molar-refractivity contribution in [2.75, 3.05) is 20.1 Å². The quantitative estimate of drug-likeness (QED) is 0.319. The van der Waals surface area contributed by atoms with Crippen molar-refractivity contribution >= 4 is 45.0 Å². The summed E-state index contributed by atoms with van der Waals surface area (Å²) in [7, 11) is -2.60. The summed E-state index contributed by atoms with van der Waals surface area (Å²) in [6.45, 7) is 3.77. The molecule has 1 atom stereocenters. The lowest BCUT2D eigenvalue weighted by Crippen LogP contribution is -2.53. The monoisotopic (exact) mass is 589 g/mol. The third kappa shape index (κ3) is 8.29. The van der Waals surface area contributed by atoms with Crippen molar-refractivity contribution in [1.82, 2.24) is 14.5 Å². The highest BCUT2D eigenvalue weighted by Gasteiger charge is 2.33. The van der Waals surface area contributed by atoms with Crippen molar-refractivity contribution in [3.63, 3.8) is 0 Å². The number of benzene rings is 3. The number of rotatable bonds is 12. The molecular formula is C29H33Cl2N3O4S. The first-order chi connectivity index (χ1) is 18.5. The molecule has 0 saturated heterocycles. The van der Waals surface area contributed by atoms with E-state index in [2.05, 4.69) is 5.32 Å². The highest BCUT2D eigenvalue weighted by molar-refractivity contribution is 7.89. The van der Waals surface area contributed by atoms with Gasteiger partial charge in [-0.1, -0.05) is 84.2 Å². The Hall–Kier alpha value is -2.91. The van der Waals surface area contributed by atoms with Gasteiger partial charge in [0.2, 0.25) is 21.8 Å². The Bertz CT molecular complexity index is 1380. The summed E-state index contributed by atoms with van der Waals surface area (Å²) < 4.78 is 27.5. The molecule has 1 N–H and O–H groups in total. The van der Waals surface area contributed by atoms with Crippen LogP contribution in [0.3, 0.4) is 0 Å². The van der Waals surface area contributed by atoms with Gasteiger partial charge < -0.3 is 10.2 Å². The Balaban J connectivity index is 1.98. The minimum atomic E-state index is -3.95. The zero-order valence-electron chi connectivity index (χ0n) is 22.2. The third-order valence-corrected chi connectivity index (χ3v) is 8.67. The molecule has 208 valence electrons. The zero-order chi connectivity index (χ0) is 28.6. The van der Waals surface area contributed by atoms with E-state index in [0.717, 1.165) is 21.9 Å². The van der Waals surface area contributed by atoms with E-state index in [1.54, 1.807) is 30.3 Å². The molecule has 0 aliphatic heterocycles. The number of sulfonamides is 1. The zero-order valence-corrected chi connectivity index (χ0v) is 24.6. The SMILES string of the molecule is CCCNC(=O)[C@@H](Cc1ccccc1)N(Cc1ccc(Cl)cc1Cl)C(=O)CN(C)S(=O)(=O)c1ccc(C)cc1. The van der Waals surface area contributed by atoms with Crippen LogP contribution >= 0.6 is 23.2 Å². The number of hydrogen-bond acceptors (Lipinski definition) is 4. The van der Waals surface area contributed by atoms with E-state index < -0.39 is 28.5 Å². The van der Waals surface area contributed by atoms with Crippen LogP contribution in [0.5, 0.6) is 0 Å². The Labute approximate surface area is 240 Å². The summed E-state index contributed by atoms with van der Waals surface area (Å²) in [6.07, 6.45) is 0.958. The van der Waals surface area contributed by atoms with Gasteiger partial charge in [0.05, 0.1) is 11.4 Å². The second-order valence-corrected chi connectivity index (χ2v) is 12.2. The summed E-state index contributed by atoms with van der Waals surface area (Å²) >= 11 is 12.5. The molecule has 0 aliphatic carbocycles. The van der Waals surface area contributed by atoms with Crippen molar-refractivity contribution in [3.8, 4) is 0 Å². The predicted molar refractivity (Wildman–Crippen MR) is 155 cm³/mol. The summed E-state index contributed by atoms with van der Waals surface area (Å²) in [6, 6.07) is 19.8. The number of carbonyl (C=O) groups is 2. The van der Waals surface area contributed by atoms with Crippen LogP contribution in [0.2, 0.25) is 10.0 Å². The van der Waals surface area contributed by atoms with E-state index in [-0.39, 0.29) is 23.8 Å². The van der Waals surface area contributed by atoms with Gasteiger partial charge in [-0.25, -0.2) is 8.42 Å². The average Bonchev–Trinajstić information content (AvgIpc) is 2.91. The third-order valence-electron chi connectivity index (χ3n) is 6.26. The van der Waals surface area contributed by atoms with E-state index >= 15 is 0 Å². The topological polar surface area (TPSA) is 86.8 Å². The van der Waals surface area contributed by atoms with Crippen molar-refractivity contribution in [2.45, 2.75) is 44.2 Å². The predicted octanol–water partition coefficient (Wildman–Crippen LogP) is 5.09. The van der Waals surface area contributed by atoms with E-state index in [1.807, 2.05) is 44.2 Å². The van der Waals surface area contributed by atoms with Gasteiger partial charge in [0.15, 0.2) is 0 Å². The minimum Gasteiger partial charge on any atom is -0.354 e. The average molecular weight is 591 g/mol. The molecule has 3 rings (SSSR count). The van der Waals surface area contributed by atoms with Crippen LogP contribution in [0.1, 0.15) is 30.0 Å². The first kappa shape index (κ1) is 30.6. The van der Waals surface area contributed by atoms with E-state index in [0.29, 0.717) is 22.2 Å². The molecule has 39 heavy (non-hydrogen) atoms. The maximum Gasteiger partial charge on any atom is 0.243 e. The van der Waals surface area contributed by atoms with Crippen LogP contribution in [-0.2, 0) is 32.6 Å². The highest BCUT2D eigenvalue weighted by atomic mass is 35.5. The fourth-order valence-electron chi connectivity index (χ4n) is 4.01. The van der Waals surface area contributed by atoms with Crippen molar-refractivity contribution in [3.05, 3.63) is 99.5 Å². The van der Waals surface area contributed by atoms with Gasteiger partial charge in [0.1, 0.15) is 6.04 Å². The van der Waals surface area contributed by atoms with Crippen LogP contribution in [0, 0.1) is 6.92 Å². The molecule has 0 aromatic heterocycles. The van der Waals surface area contributed by atoms with Gasteiger partial charge in [0, 0.05) is 36.6 Å². The standard InChI is InChI=1S/C29H33Cl2N3O4S/c1-4-16-32-29(36)27(17-22-8-6-5-7-9-22)34(19-23-12-13-24(30)18-26(23)31)28(35)20-33(3)39(37,38)25-14-10-21(2)11-15-25/h5-15,18,27H,4,16-17,19-20H2,1-3H3,(H,32,36)/t27-/m1/s1. The van der Waals surface area contributed by atoms with E-state index in [4.69, 9.17) is 23.2 Å². The Morgan fingerprint density at radius 2 is 1.64 bits per heavy atom. The van der Waals surface area contributed by atoms with Gasteiger partial charge in [-0.15, -0.1) is 0 Å². The molecule has 0 saturated carbocycles. The molecule has 0 spiro atoms. The number of amides is 2. The van der Waals surface area contributed by atoms with Gasteiger partial charge in [-0.3, -0.25) is 9.59 Å². The van der Waals surface area contributed by atoms with Gasteiger partial charge >= 0.3 is 0 Å². The number of carbonyl (C=O) groups excluding carboxylic acids is 2. The lowest BCUT2D eigenvalue weighted by molar-refractivity contribution is -0.141. The van der Waals surface area contributed by atoms with Gasteiger partial charge in [0.25, 0.3) is 0 Å². The molecule has 10 heteroatoms. The molecule has 0 fully saturated rings. The molecule has 0 heterocycles. The number of aryl methyl sites for hydroxylation is 1. The summed E-state index contributed by atoms with van der Waals surface area (Å²) in [5.41, 5.74) is 2.36. The van der Waals surface area contributed by atoms with Gasteiger partial charge in [-0.2, -0.15) is 4.31 Å². The highest BCUT2D eigenvalue weighted by Crippen LogP contribution is 2.25. The van der Waals surface area contributed by atoms with Crippen LogP contribution in [-0.4, -0.2) is 55.6 Å². The number of nitrogens with one attached hydrogen (secondary N) is 1. The molecule has 0 radical (unpaired) electrons. The van der Waals surface area contributed by atoms with Crippen LogP contribution < -0.4 is 5.32 Å². The molecule has 0 aliphatic rings.